The van der Waals surface area contributed by atoms with E-state index in [4.69, 9.17) is 14.2 Å². The second-order valence-corrected chi connectivity index (χ2v) is 23.8. The molecule has 6 heteroatoms. The molecule has 0 fully saturated rings. The molecule has 0 aromatic carbocycles. The normalized spacial score (nSPS) is 12.1. The lowest BCUT2D eigenvalue weighted by atomic mass is 10.0. The van der Waals surface area contributed by atoms with Crippen molar-refractivity contribution < 1.29 is 28.6 Å². The molecule has 454 valence electrons. The third kappa shape index (κ3) is 64.6. The lowest BCUT2D eigenvalue weighted by Gasteiger charge is -2.18. The van der Waals surface area contributed by atoms with Gasteiger partial charge >= 0.3 is 17.9 Å². The summed E-state index contributed by atoms with van der Waals surface area (Å²) in [6, 6.07) is 0. The summed E-state index contributed by atoms with van der Waals surface area (Å²) in [6.45, 7) is 6.68. The summed E-state index contributed by atoms with van der Waals surface area (Å²) in [5, 5.41) is 0. The third-order valence-corrected chi connectivity index (χ3v) is 15.9. The van der Waals surface area contributed by atoms with Crippen LogP contribution in [0.15, 0.2) is 24.3 Å². The van der Waals surface area contributed by atoms with Gasteiger partial charge in [-0.25, -0.2) is 0 Å². The number of esters is 3. The highest BCUT2D eigenvalue weighted by molar-refractivity contribution is 5.71. The second-order valence-electron chi connectivity index (χ2n) is 23.8. The summed E-state index contributed by atoms with van der Waals surface area (Å²) < 4.78 is 16.9. The molecule has 0 amide bonds. The van der Waals surface area contributed by atoms with Crippen molar-refractivity contribution in [2.24, 2.45) is 0 Å². The van der Waals surface area contributed by atoms with Crippen molar-refractivity contribution in [3.63, 3.8) is 0 Å². The first-order valence-electron chi connectivity index (χ1n) is 34.8. The smallest absolute Gasteiger partial charge is 0.306 e. The quantitative estimate of drug-likeness (QED) is 0.0261. The van der Waals surface area contributed by atoms with Crippen molar-refractivity contribution in [2.45, 2.75) is 399 Å². The average molecular weight is 1080 g/mol. The van der Waals surface area contributed by atoms with Crippen LogP contribution in [0.4, 0.5) is 0 Å². The van der Waals surface area contributed by atoms with Crippen LogP contribution in [0.25, 0.3) is 0 Å². The first-order valence-corrected chi connectivity index (χ1v) is 34.8. The molecule has 0 bridgehead atoms. The number of allylic oxidation sites excluding steroid dienone is 4. The van der Waals surface area contributed by atoms with Gasteiger partial charge in [-0.05, 0) is 70.6 Å². The van der Waals surface area contributed by atoms with Gasteiger partial charge in [-0.1, -0.05) is 328 Å². The highest BCUT2D eigenvalue weighted by atomic mass is 16.6. The monoisotopic (exact) mass is 1080 g/mol. The molecule has 77 heavy (non-hydrogen) atoms. The van der Waals surface area contributed by atoms with Gasteiger partial charge in [0.25, 0.3) is 0 Å². The molecule has 1 atom stereocenters. The molecule has 0 radical (unpaired) electrons. The molecule has 0 aliphatic carbocycles. The molecule has 0 saturated carbocycles. The van der Waals surface area contributed by atoms with Crippen molar-refractivity contribution in [1.82, 2.24) is 0 Å². The number of unbranched alkanes of at least 4 members (excludes halogenated alkanes) is 50. The molecule has 6 nitrogen and oxygen atoms in total. The summed E-state index contributed by atoms with van der Waals surface area (Å²) in [7, 11) is 0. The topological polar surface area (TPSA) is 78.9 Å². The minimum Gasteiger partial charge on any atom is -0.462 e. The second kappa shape index (κ2) is 66.4. The molecular weight excluding hydrogens is 949 g/mol. The Hall–Kier alpha value is -2.11. The maximum absolute atomic E-state index is 12.9. The van der Waals surface area contributed by atoms with E-state index >= 15 is 0 Å². The van der Waals surface area contributed by atoms with Gasteiger partial charge in [0, 0.05) is 19.3 Å². The molecule has 0 spiro atoms. The van der Waals surface area contributed by atoms with Crippen LogP contribution in [0.1, 0.15) is 393 Å². The zero-order valence-electron chi connectivity index (χ0n) is 52.3. The number of ether oxygens (including phenoxy) is 3. The Morgan fingerprint density at radius 1 is 0.247 bits per heavy atom. The molecule has 0 aliphatic rings. The fourth-order valence-corrected chi connectivity index (χ4v) is 10.7. The number of hydrogen-bond donors (Lipinski definition) is 0. The van der Waals surface area contributed by atoms with E-state index in [9.17, 15) is 14.4 Å². The van der Waals surface area contributed by atoms with E-state index in [1.807, 2.05) is 0 Å². The number of rotatable bonds is 65. The molecule has 0 saturated heterocycles. The van der Waals surface area contributed by atoms with E-state index in [1.165, 1.54) is 283 Å². The standard InChI is InChI=1S/C71H134O6/c1-4-7-10-13-16-19-22-25-28-29-30-31-32-33-34-35-36-37-38-39-40-41-42-43-44-47-49-52-55-58-61-64-70(73)76-67-68(77-71(74)65-62-59-56-53-50-46-27-24-21-18-15-12-9-6-3)66-75-69(72)63-60-57-54-51-48-45-26-23-20-17-14-11-8-5-2/h23-24,26-27,68H,4-22,25,28-67H2,1-3H3/b26-23-,27-24-. The van der Waals surface area contributed by atoms with E-state index in [-0.39, 0.29) is 31.1 Å². The van der Waals surface area contributed by atoms with Crippen molar-refractivity contribution in [3.8, 4) is 0 Å². The molecular formula is C71H134O6. The Kier molecular flexibility index (Phi) is 64.6. The van der Waals surface area contributed by atoms with E-state index in [1.54, 1.807) is 0 Å². The van der Waals surface area contributed by atoms with Crippen molar-refractivity contribution in [3.05, 3.63) is 24.3 Å². The van der Waals surface area contributed by atoms with E-state index < -0.39 is 6.10 Å². The van der Waals surface area contributed by atoms with Crippen LogP contribution in [-0.2, 0) is 28.6 Å². The van der Waals surface area contributed by atoms with Crippen LogP contribution in [0.5, 0.6) is 0 Å². The Bertz CT molecular complexity index is 1240. The minimum atomic E-state index is -0.776. The molecule has 0 aromatic rings. The van der Waals surface area contributed by atoms with E-state index in [2.05, 4.69) is 45.1 Å². The Morgan fingerprint density at radius 3 is 0.649 bits per heavy atom. The maximum atomic E-state index is 12.9. The van der Waals surface area contributed by atoms with Crippen LogP contribution in [0.2, 0.25) is 0 Å². The van der Waals surface area contributed by atoms with Gasteiger partial charge in [0.05, 0.1) is 0 Å². The largest absolute Gasteiger partial charge is 0.462 e. The van der Waals surface area contributed by atoms with Gasteiger partial charge in [0.2, 0.25) is 0 Å². The van der Waals surface area contributed by atoms with Crippen LogP contribution in [0, 0.1) is 0 Å². The number of carbonyl (C=O) groups excluding carboxylic acids is 3. The highest BCUT2D eigenvalue weighted by Gasteiger charge is 2.19. The highest BCUT2D eigenvalue weighted by Crippen LogP contribution is 2.19. The fraction of sp³-hybridized carbons (Fsp3) is 0.901. The van der Waals surface area contributed by atoms with Gasteiger partial charge < -0.3 is 14.2 Å². The van der Waals surface area contributed by atoms with Gasteiger partial charge in [0.1, 0.15) is 13.2 Å². The first-order chi connectivity index (χ1) is 38.0. The fourth-order valence-electron chi connectivity index (χ4n) is 10.7. The summed E-state index contributed by atoms with van der Waals surface area (Å²) in [5.74, 6) is -0.864. The van der Waals surface area contributed by atoms with E-state index in [0.29, 0.717) is 19.3 Å². The number of carbonyl (C=O) groups is 3. The van der Waals surface area contributed by atoms with Crippen molar-refractivity contribution in [1.29, 1.82) is 0 Å². The predicted octanol–water partition coefficient (Wildman–Crippen LogP) is 23.8. The maximum Gasteiger partial charge on any atom is 0.306 e. The predicted molar refractivity (Wildman–Crippen MR) is 335 cm³/mol. The molecule has 0 aliphatic heterocycles. The summed E-state index contributed by atoms with van der Waals surface area (Å²) in [5.41, 5.74) is 0. The van der Waals surface area contributed by atoms with Gasteiger partial charge in [-0.15, -0.1) is 0 Å². The molecule has 1 unspecified atom stereocenters. The van der Waals surface area contributed by atoms with Gasteiger partial charge in [-0.2, -0.15) is 0 Å². The number of hydrogen-bond acceptors (Lipinski definition) is 6. The zero-order valence-corrected chi connectivity index (χ0v) is 52.3. The van der Waals surface area contributed by atoms with Crippen LogP contribution in [0.3, 0.4) is 0 Å². The Balaban J connectivity index is 4.10. The summed E-state index contributed by atoms with van der Waals surface area (Å²) in [4.78, 5) is 38.3. The summed E-state index contributed by atoms with van der Waals surface area (Å²) >= 11 is 0. The van der Waals surface area contributed by atoms with Crippen LogP contribution >= 0.6 is 0 Å². The lowest BCUT2D eigenvalue weighted by molar-refractivity contribution is -0.167. The third-order valence-electron chi connectivity index (χ3n) is 15.9. The van der Waals surface area contributed by atoms with Crippen LogP contribution < -0.4 is 0 Å². The van der Waals surface area contributed by atoms with Gasteiger partial charge in [-0.3, -0.25) is 14.4 Å². The SMILES string of the molecule is CCCCCCC/C=C\CCCCCCCC(=O)OCC(COC(=O)CCCCCCCCCCCCCCCCCCCCCCCCCCCCCCCCC)OC(=O)CCCCCCC/C=C\CCCCCCC. The minimum absolute atomic E-state index is 0.0724. The lowest BCUT2D eigenvalue weighted by Crippen LogP contribution is -2.30. The molecule has 0 aromatic heterocycles. The van der Waals surface area contributed by atoms with Crippen LogP contribution in [-0.4, -0.2) is 37.2 Å². The average Bonchev–Trinajstić information content (AvgIpc) is 3.43. The molecule has 0 N–H and O–H groups in total. The van der Waals surface area contributed by atoms with E-state index in [0.717, 1.165) is 70.6 Å². The van der Waals surface area contributed by atoms with Crippen molar-refractivity contribution >= 4 is 17.9 Å². The zero-order chi connectivity index (χ0) is 55.7. The molecule has 0 rings (SSSR count). The molecule has 0 heterocycles. The Morgan fingerprint density at radius 2 is 0.429 bits per heavy atom. The Labute approximate surface area is 481 Å². The first kappa shape index (κ1) is 74.9. The summed E-state index contributed by atoms with van der Waals surface area (Å²) in [6.07, 6.45) is 80.8. The van der Waals surface area contributed by atoms with Gasteiger partial charge in [0.15, 0.2) is 6.10 Å². The van der Waals surface area contributed by atoms with Crippen molar-refractivity contribution in [2.75, 3.05) is 13.2 Å².